The van der Waals surface area contributed by atoms with Crippen LogP contribution in [-0.4, -0.2) is 6.61 Å². The molecule has 1 aromatic carbocycles. The zero-order valence-corrected chi connectivity index (χ0v) is 8.47. The third-order valence-corrected chi connectivity index (χ3v) is 1.77. The van der Waals surface area contributed by atoms with Crippen molar-refractivity contribution in [2.75, 3.05) is 6.61 Å². The molecule has 0 saturated carbocycles. The van der Waals surface area contributed by atoms with Crippen molar-refractivity contribution in [1.82, 2.24) is 0 Å². The van der Waals surface area contributed by atoms with Gasteiger partial charge < -0.3 is 4.74 Å². The van der Waals surface area contributed by atoms with Crippen molar-refractivity contribution in [3.8, 4) is 30.2 Å². The molecule has 16 heavy (non-hydrogen) atoms. The Bertz CT molecular complexity index is 508. The van der Waals surface area contributed by atoms with Crippen molar-refractivity contribution in [3.05, 3.63) is 35.4 Å². The van der Waals surface area contributed by atoms with Gasteiger partial charge in [-0.05, 0) is 12.1 Å². The third-order valence-electron chi connectivity index (χ3n) is 1.77. The predicted molar refractivity (Wildman–Crippen MR) is 60.0 cm³/mol. The smallest absolute Gasteiger partial charge is 0.148 e. The van der Waals surface area contributed by atoms with Crippen LogP contribution < -0.4 is 4.74 Å². The SMILES string of the molecule is C#CCOc1ccccc1C=C(C#N)C#N. The molecule has 0 heterocycles. The Balaban J connectivity index is 3.06. The fraction of sp³-hybridized carbons (Fsp3) is 0.0769. The molecule has 0 aliphatic heterocycles. The van der Waals surface area contributed by atoms with Crippen LogP contribution in [0, 0.1) is 35.0 Å². The first kappa shape index (κ1) is 11.4. The van der Waals surface area contributed by atoms with E-state index >= 15 is 0 Å². The maximum Gasteiger partial charge on any atom is 0.148 e. The third kappa shape index (κ3) is 2.91. The summed E-state index contributed by atoms with van der Waals surface area (Å²) >= 11 is 0. The fourth-order valence-corrected chi connectivity index (χ4v) is 1.10. The van der Waals surface area contributed by atoms with E-state index in [0.29, 0.717) is 11.3 Å². The first-order valence-electron chi connectivity index (χ1n) is 4.49. The number of terminal acetylenes is 1. The maximum absolute atomic E-state index is 8.64. The molecule has 76 valence electrons. The van der Waals surface area contributed by atoms with Gasteiger partial charge in [0, 0.05) is 5.56 Å². The van der Waals surface area contributed by atoms with Crippen LogP contribution in [0.3, 0.4) is 0 Å². The molecule has 0 unspecified atom stereocenters. The van der Waals surface area contributed by atoms with E-state index in [-0.39, 0.29) is 12.2 Å². The fourth-order valence-electron chi connectivity index (χ4n) is 1.10. The van der Waals surface area contributed by atoms with Gasteiger partial charge in [0.2, 0.25) is 0 Å². The van der Waals surface area contributed by atoms with Crippen LogP contribution in [0.25, 0.3) is 6.08 Å². The lowest BCUT2D eigenvalue weighted by Gasteiger charge is -2.05. The molecule has 0 atom stereocenters. The number of benzene rings is 1. The van der Waals surface area contributed by atoms with Gasteiger partial charge in [0.1, 0.15) is 30.1 Å². The molecule has 1 aromatic rings. The van der Waals surface area contributed by atoms with Crippen molar-refractivity contribution < 1.29 is 4.74 Å². The van der Waals surface area contributed by atoms with Crippen molar-refractivity contribution in [2.24, 2.45) is 0 Å². The Kier molecular flexibility index (Phi) is 4.20. The van der Waals surface area contributed by atoms with Gasteiger partial charge >= 0.3 is 0 Å². The Morgan fingerprint density at radius 1 is 1.31 bits per heavy atom. The number of rotatable bonds is 3. The van der Waals surface area contributed by atoms with E-state index in [1.165, 1.54) is 6.08 Å². The average Bonchev–Trinajstić information content (AvgIpc) is 2.34. The molecule has 0 spiro atoms. The molecule has 0 N–H and O–H groups in total. The molecule has 3 nitrogen and oxygen atoms in total. The minimum absolute atomic E-state index is 0.0248. The molecule has 0 amide bonds. The first-order valence-corrected chi connectivity index (χ1v) is 4.49. The van der Waals surface area contributed by atoms with Gasteiger partial charge in [0.15, 0.2) is 0 Å². The number of allylic oxidation sites excluding steroid dienone is 1. The highest BCUT2D eigenvalue weighted by Gasteiger charge is 2.01. The molecule has 0 aromatic heterocycles. The largest absolute Gasteiger partial charge is 0.480 e. The number of hydrogen-bond donors (Lipinski definition) is 0. The summed E-state index contributed by atoms with van der Waals surface area (Å²) in [5.41, 5.74) is 0.688. The van der Waals surface area contributed by atoms with Crippen LogP contribution in [0.2, 0.25) is 0 Å². The van der Waals surface area contributed by atoms with Gasteiger partial charge in [-0.15, -0.1) is 6.42 Å². The predicted octanol–water partition coefficient (Wildman–Crippen LogP) is 2.13. The Hall–Kier alpha value is -2.70. The Morgan fingerprint density at radius 2 is 2.00 bits per heavy atom. The number of para-hydroxylation sites is 1. The highest BCUT2D eigenvalue weighted by molar-refractivity contribution is 5.66. The standard InChI is InChI=1S/C13H8N2O/c1-2-7-16-13-6-4-3-5-12(13)8-11(9-14)10-15/h1,3-6,8H,7H2. The van der Waals surface area contributed by atoms with E-state index in [9.17, 15) is 0 Å². The number of ether oxygens (including phenoxy) is 1. The van der Waals surface area contributed by atoms with E-state index in [4.69, 9.17) is 21.7 Å². The van der Waals surface area contributed by atoms with Crippen LogP contribution in [0.5, 0.6) is 5.75 Å². The highest BCUT2D eigenvalue weighted by atomic mass is 16.5. The molecular formula is C13H8N2O. The highest BCUT2D eigenvalue weighted by Crippen LogP contribution is 2.20. The molecule has 0 fully saturated rings. The van der Waals surface area contributed by atoms with E-state index in [1.54, 1.807) is 36.4 Å². The summed E-state index contributed by atoms with van der Waals surface area (Å²) in [7, 11) is 0. The van der Waals surface area contributed by atoms with Crippen LogP contribution in [0.15, 0.2) is 29.8 Å². The summed E-state index contributed by atoms with van der Waals surface area (Å²) in [6.45, 7) is 0.152. The lowest BCUT2D eigenvalue weighted by atomic mass is 10.1. The first-order chi connectivity index (χ1) is 7.81. The zero-order chi connectivity index (χ0) is 11.8. The topological polar surface area (TPSA) is 56.8 Å². The van der Waals surface area contributed by atoms with Crippen LogP contribution in [0.4, 0.5) is 0 Å². The lowest BCUT2D eigenvalue weighted by Crippen LogP contribution is -1.95. The zero-order valence-electron chi connectivity index (χ0n) is 8.47. The van der Waals surface area contributed by atoms with Gasteiger partial charge in [-0.1, -0.05) is 24.1 Å². The molecule has 0 saturated heterocycles. The number of nitrogens with zero attached hydrogens (tertiary/aromatic N) is 2. The molecule has 0 aliphatic rings. The van der Waals surface area contributed by atoms with Crippen molar-refractivity contribution in [3.63, 3.8) is 0 Å². The van der Waals surface area contributed by atoms with Crippen LogP contribution in [-0.2, 0) is 0 Å². The minimum atomic E-state index is 0.0248. The Labute approximate surface area is 94.2 Å². The van der Waals surface area contributed by atoms with Crippen molar-refractivity contribution in [1.29, 1.82) is 10.5 Å². The molecule has 3 heteroatoms. The van der Waals surface area contributed by atoms with Gasteiger partial charge in [-0.2, -0.15) is 10.5 Å². The van der Waals surface area contributed by atoms with E-state index in [2.05, 4.69) is 5.92 Å². The average molecular weight is 208 g/mol. The second-order valence-electron chi connectivity index (χ2n) is 2.81. The van der Waals surface area contributed by atoms with Gasteiger partial charge in [0.05, 0.1) is 0 Å². The molecular weight excluding hydrogens is 200 g/mol. The minimum Gasteiger partial charge on any atom is -0.480 e. The summed E-state index contributed by atoms with van der Waals surface area (Å²) in [5.74, 6) is 2.91. The summed E-state index contributed by atoms with van der Waals surface area (Å²) in [6.07, 6.45) is 6.55. The van der Waals surface area contributed by atoms with Crippen molar-refractivity contribution in [2.45, 2.75) is 0 Å². The monoisotopic (exact) mass is 208 g/mol. The van der Waals surface area contributed by atoms with E-state index < -0.39 is 0 Å². The molecule has 0 bridgehead atoms. The summed E-state index contributed by atoms with van der Waals surface area (Å²) in [6, 6.07) is 10.6. The van der Waals surface area contributed by atoms with Crippen LogP contribution >= 0.6 is 0 Å². The van der Waals surface area contributed by atoms with Crippen LogP contribution in [0.1, 0.15) is 5.56 Å². The normalized spacial score (nSPS) is 8.06. The summed E-state index contributed by atoms with van der Waals surface area (Å²) < 4.78 is 5.28. The van der Waals surface area contributed by atoms with Gasteiger partial charge in [-0.3, -0.25) is 0 Å². The quantitative estimate of drug-likeness (QED) is 0.564. The molecule has 0 radical (unpaired) electrons. The number of nitriles is 2. The Morgan fingerprint density at radius 3 is 2.62 bits per heavy atom. The van der Waals surface area contributed by atoms with E-state index in [0.717, 1.165) is 0 Å². The second kappa shape index (κ2) is 5.91. The molecule has 1 rings (SSSR count). The van der Waals surface area contributed by atoms with Crippen molar-refractivity contribution >= 4 is 6.08 Å². The summed E-state index contributed by atoms with van der Waals surface area (Å²) in [5, 5.41) is 17.3. The van der Waals surface area contributed by atoms with Gasteiger partial charge in [-0.25, -0.2) is 0 Å². The lowest BCUT2D eigenvalue weighted by molar-refractivity contribution is 0.369. The number of hydrogen-bond acceptors (Lipinski definition) is 3. The summed E-state index contributed by atoms with van der Waals surface area (Å²) in [4.78, 5) is 0. The van der Waals surface area contributed by atoms with E-state index in [1.807, 2.05) is 0 Å². The maximum atomic E-state index is 8.64. The second-order valence-corrected chi connectivity index (χ2v) is 2.81. The molecule has 0 aliphatic carbocycles. The van der Waals surface area contributed by atoms with Gasteiger partial charge in [0.25, 0.3) is 0 Å².